The second-order valence-electron chi connectivity index (χ2n) is 4.48. The van der Waals surface area contributed by atoms with Crippen molar-refractivity contribution in [2.75, 3.05) is 26.4 Å². The van der Waals surface area contributed by atoms with Crippen LogP contribution in [0.1, 0.15) is 39.0 Å². The van der Waals surface area contributed by atoms with Crippen LogP contribution in [0.3, 0.4) is 0 Å². The molecule has 1 fully saturated rings. The van der Waals surface area contributed by atoms with Crippen molar-refractivity contribution in [1.29, 1.82) is 0 Å². The van der Waals surface area contributed by atoms with Crippen LogP contribution in [-0.2, 0) is 4.74 Å². The molecule has 0 radical (unpaired) electrons. The number of hydrogen-bond donors (Lipinski definition) is 2. The lowest BCUT2D eigenvalue weighted by molar-refractivity contribution is 0.0911. The highest BCUT2D eigenvalue weighted by Gasteiger charge is 2.18. The Labute approximate surface area is 93.2 Å². The molecule has 0 aromatic rings. The third kappa shape index (κ3) is 5.50. The molecule has 0 aromatic heterocycles. The van der Waals surface area contributed by atoms with Crippen LogP contribution in [0, 0.1) is 5.92 Å². The molecule has 15 heavy (non-hydrogen) atoms. The summed E-state index contributed by atoms with van der Waals surface area (Å²) in [4.78, 5) is 0. The molecule has 1 aliphatic rings. The van der Waals surface area contributed by atoms with Crippen molar-refractivity contribution in [3.63, 3.8) is 0 Å². The molecule has 1 saturated carbocycles. The minimum absolute atomic E-state index is 0.123. The number of hydrogen-bond acceptors (Lipinski definition) is 3. The Balaban J connectivity index is 1.99. The highest BCUT2D eigenvalue weighted by atomic mass is 16.5. The molecule has 0 amide bonds. The van der Waals surface area contributed by atoms with Gasteiger partial charge in [0.1, 0.15) is 0 Å². The van der Waals surface area contributed by atoms with Gasteiger partial charge in [-0.15, -0.1) is 0 Å². The third-order valence-electron chi connectivity index (χ3n) is 3.31. The van der Waals surface area contributed by atoms with Crippen LogP contribution in [0.25, 0.3) is 0 Å². The van der Waals surface area contributed by atoms with Crippen molar-refractivity contribution in [1.82, 2.24) is 5.32 Å². The predicted octanol–water partition coefficient (Wildman–Crippen LogP) is 1.55. The Hall–Kier alpha value is -0.120. The highest BCUT2D eigenvalue weighted by molar-refractivity contribution is 4.75. The van der Waals surface area contributed by atoms with Gasteiger partial charge in [0.2, 0.25) is 0 Å². The molecule has 1 atom stereocenters. The zero-order chi connectivity index (χ0) is 10.9. The Morgan fingerprint density at radius 2 is 2.00 bits per heavy atom. The first-order valence-corrected chi connectivity index (χ1v) is 6.26. The molecule has 0 aromatic carbocycles. The van der Waals surface area contributed by atoms with E-state index in [9.17, 15) is 0 Å². The van der Waals surface area contributed by atoms with Gasteiger partial charge in [-0.3, -0.25) is 0 Å². The van der Waals surface area contributed by atoms with Crippen molar-refractivity contribution in [3.8, 4) is 0 Å². The lowest BCUT2D eigenvalue weighted by Crippen LogP contribution is -2.36. The van der Waals surface area contributed by atoms with Crippen LogP contribution in [-0.4, -0.2) is 37.5 Å². The van der Waals surface area contributed by atoms with E-state index < -0.39 is 0 Å². The van der Waals surface area contributed by atoms with E-state index in [0.717, 1.165) is 12.5 Å². The van der Waals surface area contributed by atoms with Gasteiger partial charge >= 0.3 is 0 Å². The minimum Gasteiger partial charge on any atom is -0.394 e. The van der Waals surface area contributed by atoms with Gasteiger partial charge in [-0.2, -0.15) is 0 Å². The number of aliphatic hydroxyl groups is 1. The largest absolute Gasteiger partial charge is 0.394 e. The molecule has 0 unspecified atom stereocenters. The first-order chi connectivity index (χ1) is 7.34. The molecule has 0 heterocycles. The van der Waals surface area contributed by atoms with Gasteiger partial charge in [-0.25, -0.2) is 0 Å². The van der Waals surface area contributed by atoms with Crippen molar-refractivity contribution in [3.05, 3.63) is 0 Å². The van der Waals surface area contributed by atoms with Crippen molar-refractivity contribution in [2.24, 2.45) is 5.92 Å². The minimum atomic E-state index is 0.123. The molecule has 2 N–H and O–H groups in total. The smallest absolute Gasteiger partial charge is 0.0698 e. The van der Waals surface area contributed by atoms with Crippen LogP contribution in [0.5, 0.6) is 0 Å². The third-order valence-corrected chi connectivity index (χ3v) is 3.31. The molecule has 0 bridgehead atoms. The first-order valence-electron chi connectivity index (χ1n) is 6.26. The average molecular weight is 215 g/mol. The molecule has 1 rings (SSSR count). The number of nitrogens with one attached hydrogen (secondary N) is 1. The monoisotopic (exact) mass is 215 g/mol. The van der Waals surface area contributed by atoms with E-state index in [2.05, 4.69) is 12.2 Å². The summed E-state index contributed by atoms with van der Waals surface area (Å²) >= 11 is 0. The van der Waals surface area contributed by atoms with E-state index in [4.69, 9.17) is 9.84 Å². The Bertz CT molecular complexity index is 147. The highest BCUT2D eigenvalue weighted by Crippen LogP contribution is 2.26. The van der Waals surface area contributed by atoms with Crippen LogP contribution >= 0.6 is 0 Å². The maximum atomic E-state index is 8.53. The summed E-state index contributed by atoms with van der Waals surface area (Å²) < 4.78 is 5.21. The lowest BCUT2D eigenvalue weighted by atomic mass is 9.84. The topological polar surface area (TPSA) is 41.5 Å². The average Bonchev–Trinajstić information content (AvgIpc) is 2.30. The maximum absolute atomic E-state index is 8.53. The Kier molecular flexibility index (Phi) is 6.98. The van der Waals surface area contributed by atoms with E-state index in [1.807, 2.05) is 0 Å². The summed E-state index contributed by atoms with van der Waals surface area (Å²) in [6.07, 6.45) is 6.98. The van der Waals surface area contributed by atoms with Crippen LogP contribution in [0.2, 0.25) is 0 Å². The molecular weight excluding hydrogens is 190 g/mol. The molecular formula is C12H25NO2. The van der Waals surface area contributed by atoms with Gasteiger partial charge in [-0.1, -0.05) is 19.3 Å². The van der Waals surface area contributed by atoms with E-state index >= 15 is 0 Å². The lowest BCUT2D eigenvalue weighted by Gasteiger charge is -2.28. The van der Waals surface area contributed by atoms with Gasteiger partial charge < -0.3 is 15.2 Å². The summed E-state index contributed by atoms with van der Waals surface area (Å²) in [5, 5.41) is 12.0. The van der Waals surface area contributed by atoms with E-state index in [1.54, 1.807) is 0 Å². The van der Waals surface area contributed by atoms with Gasteiger partial charge in [0, 0.05) is 12.6 Å². The Morgan fingerprint density at radius 3 is 2.67 bits per heavy atom. The van der Waals surface area contributed by atoms with Crippen molar-refractivity contribution >= 4 is 0 Å². The van der Waals surface area contributed by atoms with Crippen molar-refractivity contribution < 1.29 is 9.84 Å². The Morgan fingerprint density at radius 1 is 1.27 bits per heavy atom. The maximum Gasteiger partial charge on any atom is 0.0698 e. The number of aliphatic hydroxyl groups excluding tert-OH is 1. The molecule has 0 spiro atoms. The zero-order valence-corrected chi connectivity index (χ0v) is 9.87. The SMILES string of the molecule is C[C@@H](NCCOCCO)C1CCCCC1. The second kappa shape index (κ2) is 8.08. The quantitative estimate of drug-likeness (QED) is 0.633. The van der Waals surface area contributed by atoms with E-state index in [1.165, 1.54) is 32.1 Å². The van der Waals surface area contributed by atoms with Gasteiger partial charge in [0.05, 0.1) is 19.8 Å². The fourth-order valence-electron chi connectivity index (χ4n) is 2.33. The van der Waals surface area contributed by atoms with Gasteiger partial charge in [0.25, 0.3) is 0 Å². The summed E-state index contributed by atoms with van der Waals surface area (Å²) in [6.45, 7) is 4.47. The fraction of sp³-hybridized carbons (Fsp3) is 1.00. The summed E-state index contributed by atoms with van der Waals surface area (Å²) in [5.41, 5.74) is 0. The van der Waals surface area contributed by atoms with Crippen molar-refractivity contribution in [2.45, 2.75) is 45.1 Å². The molecule has 0 aliphatic heterocycles. The standard InChI is InChI=1S/C12H25NO2/c1-11(12-5-3-2-4-6-12)13-7-9-15-10-8-14/h11-14H,2-10H2,1H3/t11-/m1/s1. The first kappa shape index (κ1) is 12.9. The normalized spacial score (nSPS) is 20.4. The molecule has 90 valence electrons. The van der Waals surface area contributed by atoms with Gasteiger partial charge in [0.15, 0.2) is 0 Å². The second-order valence-corrected chi connectivity index (χ2v) is 4.48. The fourth-order valence-corrected chi connectivity index (χ4v) is 2.33. The van der Waals surface area contributed by atoms with Crippen LogP contribution in [0.4, 0.5) is 0 Å². The van der Waals surface area contributed by atoms with E-state index in [0.29, 0.717) is 19.3 Å². The summed E-state index contributed by atoms with van der Waals surface area (Å²) in [6, 6.07) is 0.614. The summed E-state index contributed by atoms with van der Waals surface area (Å²) in [5.74, 6) is 0.858. The number of rotatable bonds is 7. The van der Waals surface area contributed by atoms with Crippen LogP contribution in [0.15, 0.2) is 0 Å². The van der Waals surface area contributed by atoms with E-state index in [-0.39, 0.29) is 6.61 Å². The molecule has 1 aliphatic carbocycles. The molecule has 3 heteroatoms. The summed E-state index contributed by atoms with van der Waals surface area (Å²) in [7, 11) is 0. The predicted molar refractivity (Wildman–Crippen MR) is 61.9 cm³/mol. The molecule has 0 saturated heterocycles. The number of ether oxygens (including phenoxy) is 1. The van der Waals surface area contributed by atoms with Crippen LogP contribution < -0.4 is 5.32 Å². The van der Waals surface area contributed by atoms with Gasteiger partial charge in [-0.05, 0) is 25.7 Å². The molecule has 3 nitrogen and oxygen atoms in total. The zero-order valence-electron chi connectivity index (χ0n) is 9.87.